The van der Waals surface area contributed by atoms with Gasteiger partial charge in [-0.2, -0.15) is 0 Å². The third-order valence-corrected chi connectivity index (χ3v) is 5.59. The van der Waals surface area contributed by atoms with Crippen molar-refractivity contribution in [2.45, 2.75) is 31.8 Å². The molecule has 1 heterocycles. The molecule has 0 unspecified atom stereocenters. The third-order valence-electron chi connectivity index (χ3n) is 5.10. The van der Waals surface area contributed by atoms with Gasteiger partial charge in [-0.15, -0.1) is 0 Å². The van der Waals surface area contributed by atoms with E-state index in [9.17, 15) is 9.59 Å². The van der Waals surface area contributed by atoms with Crippen LogP contribution in [-0.4, -0.2) is 23.3 Å². The Balaban J connectivity index is 1.57. The molecule has 2 amide bonds. The van der Waals surface area contributed by atoms with Gasteiger partial charge in [0.1, 0.15) is 6.04 Å². The largest absolute Gasteiger partial charge is 0.350 e. The van der Waals surface area contributed by atoms with Crippen molar-refractivity contribution in [3.05, 3.63) is 69.7 Å². The monoisotopic (exact) mass is 412 g/mol. The number of carbonyl (C=O) groups is 2. The van der Waals surface area contributed by atoms with Crippen LogP contribution in [0, 0.1) is 5.92 Å². The predicted octanol–water partition coefficient (Wildman–Crippen LogP) is 3.60. The van der Waals surface area contributed by atoms with Crippen LogP contribution in [0.4, 0.5) is 0 Å². The second-order valence-corrected chi connectivity index (χ2v) is 7.92. The zero-order valence-corrected chi connectivity index (χ0v) is 16.0. The molecule has 0 spiro atoms. The Morgan fingerprint density at radius 3 is 2.69 bits per heavy atom. The summed E-state index contributed by atoms with van der Waals surface area (Å²) < 4.78 is 0.984. The van der Waals surface area contributed by atoms with Crippen molar-refractivity contribution in [1.29, 1.82) is 0 Å². The van der Waals surface area contributed by atoms with Gasteiger partial charge in [0, 0.05) is 23.5 Å². The van der Waals surface area contributed by atoms with E-state index in [2.05, 4.69) is 27.3 Å². The number of rotatable bonds is 4. The number of nitrogens with one attached hydrogen (secondary N) is 1. The van der Waals surface area contributed by atoms with Crippen molar-refractivity contribution in [3.63, 3.8) is 0 Å². The van der Waals surface area contributed by atoms with E-state index in [1.54, 1.807) is 4.90 Å². The Morgan fingerprint density at radius 2 is 1.92 bits per heavy atom. The number of halogens is 1. The first-order valence-corrected chi connectivity index (χ1v) is 9.83. The summed E-state index contributed by atoms with van der Waals surface area (Å²) in [4.78, 5) is 27.6. The van der Waals surface area contributed by atoms with Gasteiger partial charge < -0.3 is 10.2 Å². The molecule has 2 aromatic rings. The summed E-state index contributed by atoms with van der Waals surface area (Å²) in [5.74, 6) is 0.133. The van der Waals surface area contributed by atoms with E-state index in [4.69, 9.17) is 0 Å². The molecule has 1 atom stereocenters. The molecule has 0 radical (unpaired) electrons. The Hall–Kier alpha value is -2.14. The first kappa shape index (κ1) is 17.3. The van der Waals surface area contributed by atoms with Gasteiger partial charge in [-0.3, -0.25) is 9.59 Å². The Bertz CT molecular complexity index is 847. The molecule has 2 aromatic carbocycles. The normalized spacial score (nSPS) is 19.0. The number of fused-ring (bicyclic) bond motifs is 1. The molecular weight excluding hydrogens is 392 g/mol. The number of hydrogen-bond acceptors (Lipinski definition) is 2. The average Bonchev–Trinajstić information content (AvgIpc) is 3.50. The third kappa shape index (κ3) is 3.54. The Labute approximate surface area is 161 Å². The van der Waals surface area contributed by atoms with Gasteiger partial charge in [-0.05, 0) is 48.1 Å². The number of hydrogen-bond donors (Lipinski definition) is 1. The van der Waals surface area contributed by atoms with Gasteiger partial charge in [0.15, 0.2) is 0 Å². The number of amides is 2. The van der Waals surface area contributed by atoms with E-state index in [0.29, 0.717) is 13.1 Å². The highest BCUT2D eigenvalue weighted by Crippen LogP contribution is 2.37. The molecule has 134 valence electrons. The van der Waals surface area contributed by atoms with Gasteiger partial charge >= 0.3 is 0 Å². The van der Waals surface area contributed by atoms with Crippen molar-refractivity contribution >= 4 is 27.7 Å². The van der Waals surface area contributed by atoms with Crippen LogP contribution in [0.2, 0.25) is 0 Å². The van der Waals surface area contributed by atoms with Crippen molar-refractivity contribution in [1.82, 2.24) is 10.2 Å². The van der Waals surface area contributed by atoms with Crippen molar-refractivity contribution < 1.29 is 9.59 Å². The SMILES string of the molecule is O=C(NCc1cccc(Br)c1)[C@H]1c2ccccc2CCN1C(=O)C1CC1. The summed E-state index contributed by atoms with van der Waals surface area (Å²) in [5.41, 5.74) is 3.14. The lowest BCUT2D eigenvalue weighted by atomic mass is 9.91. The second-order valence-electron chi connectivity index (χ2n) is 7.00. The molecule has 26 heavy (non-hydrogen) atoms. The van der Waals surface area contributed by atoms with Gasteiger partial charge in [-0.25, -0.2) is 0 Å². The Morgan fingerprint density at radius 1 is 1.12 bits per heavy atom. The van der Waals surface area contributed by atoms with Crippen LogP contribution < -0.4 is 5.32 Å². The number of carbonyl (C=O) groups excluding carboxylic acids is 2. The van der Waals surface area contributed by atoms with Gasteiger partial charge in [-0.1, -0.05) is 52.3 Å². The second kappa shape index (κ2) is 7.23. The predicted molar refractivity (Wildman–Crippen MR) is 103 cm³/mol. The maximum atomic E-state index is 13.1. The fourth-order valence-corrected chi connectivity index (χ4v) is 4.03. The smallest absolute Gasteiger partial charge is 0.247 e. The van der Waals surface area contributed by atoms with E-state index >= 15 is 0 Å². The van der Waals surface area contributed by atoms with Crippen LogP contribution in [0.3, 0.4) is 0 Å². The van der Waals surface area contributed by atoms with Gasteiger partial charge in [0.2, 0.25) is 11.8 Å². The first-order valence-electron chi connectivity index (χ1n) is 9.04. The molecule has 4 nitrogen and oxygen atoms in total. The van der Waals surface area contributed by atoms with Crippen molar-refractivity contribution in [2.75, 3.05) is 6.54 Å². The maximum absolute atomic E-state index is 13.1. The van der Waals surface area contributed by atoms with Crippen LogP contribution in [0.15, 0.2) is 53.0 Å². The molecule has 5 heteroatoms. The number of benzene rings is 2. The van der Waals surface area contributed by atoms with E-state index in [0.717, 1.165) is 40.4 Å². The molecule has 1 saturated carbocycles. The molecular formula is C21H21BrN2O2. The van der Waals surface area contributed by atoms with Crippen LogP contribution in [0.25, 0.3) is 0 Å². The van der Waals surface area contributed by atoms with Crippen LogP contribution in [-0.2, 0) is 22.6 Å². The highest BCUT2D eigenvalue weighted by molar-refractivity contribution is 9.10. The van der Waals surface area contributed by atoms with Gasteiger partial charge in [0.25, 0.3) is 0 Å². The lowest BCUT2D eigenvalue weighted by Crippen LogP contribution is -2.47. The van der Waals surface area contributed by atoms with Crippen LogP contribution >= 0.6 is 15.9 Å². The standard InChI is InChI=1S/C21H21BrN2O2/c22-17-6-3-4-14(12-17)13-23-20(25)19-18-7-2-1-5-15(18)10-11-24(19)21(26)16-8-9-16/h1-7,12,16,19H,8-11,13H2,(H,23,25)/t19-/m1/s1. The zero-order valence-electron chi connectivity index (χ0n) is 14.5. The Kier molecular flexibility index (Phi) is 4.81. The number of nitrogens with zero attached hydrogens (tertiary/aromatic N) is 1. The van der Waals surface area contributed by atoms with E-state index in [1.165, 1.54) is 0 Å². The summed E-state index contributed by atoms with van der Waals surface area (Å²) in [6.07, 6.45) is 2.71. The van der Waals surface area contributed by atoms with E-state index < -0.39 is 6.04 Å². The molecule has 1 aliphatic heterocycles. The summed E-state index contributed by atoms with van der Waals surface area (Å²) in [5, 5.41) is 3.03. The quantitative estimate of drug-likeness (QED) is 0.833. The minimum atomic E-state index is -0.528. The fraction of sp³-hybridized carbons (Fsp3) is 0.333. The lowest BCUT2D eigenvalue weighted by molar-refractivity contribution is -0.142. The van der Waals surface area contributed by atoms with Crippen LogP contribution in [0.1, 0.15) is 35.6 Å². The minimum Gasteiger partial charge on any atom is -0.350 e. The van der Waals surface area contributed by atoms with E-state index in [-0.39, 0.29) is 17.7 Å². The summed E-state index contributed by atoms with van der Waals surface area (Å²) in [6, 6.07) is 15.3. The van der Waals surface area contributed by atoms with Gasteiger partial charge in [0.05, 0.1) is 0 Å². The molecule has 2 aliphatic rings. The summed E-state index contributed by atoms with van der Waals surface area (Å²) >= 11 is 3.45. The molecule has 1 fully saturated rings. The van der Waals surface area contributed by atoms with Crippen molar-refractivity contribution in [2.24, 2.45) is 5.92 Å². The molecule has 4 rings (SSSR count). The molecule has 1 N–H and O–H groups in total. The minimum absolute atomic E-state index is 0.105. The maximum Gasteiger partial charge on any atom is 0.247 e. The summed E-state index contributed by atoms with van der Waals surface area (Å²) in [6.45, 7) is 1.06. The van der Waals surface area contributed by atoms with Crippen LogP contribution in [0.5, 0.6) is 0 Å². The lowest BCUT2D eigenvalue weighted by Gasteiger charge is -2.36. The fourth-order valence-electron chi connectivity index (χ4n) is 3.58. The molecule has 0 bridgehead atoms. The summed E-state index contributed by atoms with van der Waals surface area (Å²) in [7, 11) is 0. The molecule has 1 aliphatic carbocycles. The highest BCUT2D eigenvalue weighted by Gasteiger charge is 2.41. The molecule has 0 saturated heterocycles. The molecule has 0 aromatic heterocycles. The highest BCUT2D eigenvalue weighted by atomic mass is 79.9. The average molecular weight is 413 g/mol. The zero-order chi connectivity index (χ0) is 18.1. The first-order chi connectivity index (χ1) is 12.6. The van der Waals surface area contributed by atoms with Crippen molar-refractivity contribution in [3.8, 4) is 0 Å². The topological polar surface area (TPSA) is 49.4 Å². The van der Waals surface area contributed by atoms with E-state index in [1.807, 2.05) is 42.5 Å².